The van der Waals surface area contributed by atoms with Crippen LogP contribution in [0, 0.1) is 6.92 Å². The van der Waals surface area contributed by atoms with Crippen LogP contribution in [0.4, 0.5) is 5.69 Å². The second-order valence-corrected chi connectivity index (χ2v) is 6.80. The number of aromatic nitrogens is 2. The molecule has 5 nitrogen and oxygen atoms in total. The van der Waals surface area contributed by atoms with Crippen molar-refractivity contribution < 1.29 is 4.52 Å². The maximum absolute atomic E-state index is 5.49. The zero-order valence-electron chi connectivity index (χ0n) is 13.9. The van der Waals surface area contributed by atoms with Crippen LogP contribution in [0.2, 0.25) is 0 Å². The third-order valence-electron chi connectivity index (χ3n) is 4.99. The Labute approximate surface area is 137 Å². The first kappa shape index (κ1) is 14.7. The van der Waals surface area contributed by atoms with E-state index in [1.54, 1.807) is 0 Å². The summed E-state index contributed by atoms with van der Waals surface area (Å²) >= 11 is 0. The van der Waals surface area contributed by atoms with Crippen molar-refractivity contribution in [3.63, 3.8) is 0 Å². The summed E-state index contributed by atoms with van der Waals surface area (Å²) in [6.07, 6.45) is 2.42. The van der Waals surface area contributed by atoms with Crippen molar-refractivity contribution in [1.29, 1.82) is 0 Å². The van der Waals surface area contributed by atoms with Gasteiger partial charge < -0.3 is 9.42 Å². The predicted molar refractivity (Wildman–Crippen MR) is 89.7 cm³/mol. The highest BCUT2D eigenvalue weighted by molar-refractivity contribution is 5.48. The molecule has 4 rings (SSSR count). The summed E-state index contributed by atoms with van der Waals surface area (Å²) in [6, 6.07) is 8.95. The lowest BCUT2D eigenvalue weighted by Gasteiger charge is -2.38. The summed E-state index contributed by atoms with van der Waals surface area (Å²) in [4.78, 5) is 9.50. The van der Waals surface area contributed by atoms with Gasteiger partial charge in [-0.3, -0.25) is 4.90 Å². The fourth-order valence-corrected chi connectivity index (χ4v) is 3.27. The minimum Gasteiger partial charge on any atom is -0.369 e. The summed E-state index contributed by atoms with van der Waals surface area (Å²) in [5.74, 6) is 2.24. The van der Waals surface area contributed by atoms with Crippen LogP contribution in [0.1, 0.15) is 49.0 Å². The summed E-state index contributed by atoms with van der Waals surface area (Å²) in [5.41, 5.74) is 2.64. The van der Waals surface area contributed by atoms with E-state index in [-0.39, 0.29) is 6.04 Å². The molecule has 2 heterocycles. The minimum atomic E-state index is 0.203. The van der Waals surface area contributed by atoms with Gasteiger partial charge >= 0.3 is 0 Å². The highest BCUT2D eigenvalue weighted by Crippen LogP contribution is 2.38. The molecule has 0 radical (unpaired) electrons. The molecule has 0 amide bonds. The Bertz CT molecular complexity index is 671. The van der Waals surface area contributed by atoms with Gasteiger partial charge in [0.25, 0.3) is 0 Å². The monoisotopic (exact) mass is 312 g/mol. The number of nitrogens with zero attached hydrogens (tertiary/aromatic N) is 4. The van der Waals surface area contributed by atoms with Crippen molar-refractivity contribution in [2.45, 2.75) is 38.6 Å². The molecule has 1 saturated heterocycles. The van der Waals surface area contributed by atoms with Crippen LogP contribution in [0.15, 0.2) is 28.8 Å². The Morgan fingerprint density at radius 1 is 1.17 bits per heavy atom. The van der Waals surface area contributed by atoms with E-state index >= 15 is 0 Å². The Kier molecular flexibility index (Phi) is 3.81. The third kappa shape index (κ3) is 3.11. The van der Waals surface area contributed by atoms with Crippen molar-refractivity contribution in [2.24, 2.45) is 0 Å². The van der Waals surface area contributed by atoms with E-state index in [9.17, 15) is 0 Å². The molecular formula is C18H24N4O. The van der Waals surface area contributed by atoms with Gasteiger partial charge in [-0.2, -0.15) is 4.98 Å². The van der Waals surface area contributed by atoms with Gasteiger partial charge in [0.05, 0.1) is 6.04 Å². The van der Waals surface area contributed by atoms with Gasteiger partial charge in [-0.05, 0) is 44.4 Å². The van der Waals surface area contributed by atoms with Crippen LogP contribution in [0.3, 0.4) is 0 Å². The average Bonchev–Trinajstić information content (AvgIpc) is 3.32. The quantitative estimate of drug-likeness (QED) is 0.868. The number of hydrogen-bond donors (Lipinski definition) is 0. The van der Waals surface area contributed by atoms with Crippen molar-refractivity contribution in [3.05, 3.63) is 41.5 Å². The molecular weight excluding hydrogens is 288 g/mol. The maximum Gasteiger partial charge on any atom is 0.243 e. The van der Waals surface area contributed by atoms with Gasteiger partial charge in [0.15, 0.2) is 5.82 Å². The van der Waals surface area contributed by atoms with E-state index < -0.39 is 0 Å². The first-order valence-electron chi connectivity index (χ1n) is 8.60. The molecule has 2 aliphatic rings. The molecule has 1 saturated carbocycles. The number of aryl methyl sites for hydroxylation is 1. The van der Waals surface area contributed by atoms with Crippen molar-refractivity contribution in [3.8, 4) is 0 Å². The Hall–Kier alpha value is -1.88. The number of anilines is 1. The molecule has 1 atom stereocenters. The molecule has 1 aromatic carbocycles. The van der Waals surface area contributed by atoms with Crippen LogP contribution in [0.5, 0.6) is 0 Å². The molecule has 0 spiro atoms. The molecule has 1 aromatic heterocycles. The van der Waals surface area contributed by atoms with Crippen LogP contribution < -0.4 is 4.90 Å². The van der Waals surface area contributed by atoms with Crippen LogP contribution >= 0.6 is 0 Å². The molecule has 1 aliphatic heterocycles. The van der Waals surface area contributed by atoms with Crippen molar-refractivity contribution in [1.82, 2.24) is 15.0 Å². The van der Waals surface area contributed by atoms with Gasteiger partial charge in [0.1, 0.15) is 0 Å². The molecule has 1 unspecified atom stereocenters. The van der Waals surface area contributed by atoms with E-state index in [1.807, 2.05) is 0 Å². The van der Waals surface area contributed by atoms with Gasteiger partial charge in [0.2, 0.25) is 5.89 Å². The number of benzene rings is 1. The Balaban J connectivity index is 1.38. The molecule has 1 aliphatic carbocycles. The van der Waals surface area contributed by atoms with Gasteiger partial charge in [-0.25, -0.2) is 0 Å². The fraction of sp³-hybridized carbons (Fsp3) is 0.556. The average molecular weight is 312 g/mol. The minimum absolute atomic E-state index is 0.203. The topological polar surface area (TPSA) is 45.4 Å². The van der Waals surface area contributed by atoms with Crippen molar-refractivity contribution in [2.75, 3.05) is 31.1 Å². The molecule has 0 N–H and O–H groups in total. The highest BCUT2D eigenvalue weighted by atomic mass is 16.5. The van der Waals surface area contributed by atoms with E-state index in [2.05, 4.69) is 58.1 Å². The number of rotatable bonds is 4. The fourth-order valence-electron chi connectivity index (χ4n) is 3.27. The van der Waals surface area contributed by atoms with Crippen LogP contribution in [-0.4, -0.2) is 41.2 Å². The lowest BCUT2D eigenvalue weighted by atomic mass is 10.1. The standard InChI is InChI=1S/C18H24N4O/c1-13-4-3-5-16(12-13)22-10-8-21(9-11-22)14(2)18-19-17(20-23-18)15-6-7-15/h3-5,12,14-15H,6-11H2,1-2H3. The Morgan fingerprint density at radius 3 is 2.65 bits per heavy atom. The molecule has 122 valence electrons. The van der Waals surface area contributed by atoms with E-state index in [0.29, 0.717) is 5.92 Å². The third-order valence-corrected chi connectivity index (χ3v) is 4.99. The molecule has 0 bridgehead atoms. The molecule has 2 fully saturated rings. The summed E-state index contributed by atoms with van der Waals surface area (Å²) in [7, 11) is 0. The zero-order valence-corrected chi connectivity index (χ0v) is 13.9. The van der Waals surface area contributed by atoms with Gasteiger partial charge in [-0.15, -0.1) is 0 Å². The predicted octanol–water partition coefficient (Wildman–Crippen LogP) is 3.14. The zero-order chi connectivity index (χ0) is 15.8. The molecule has 23 heavy (non-hydrogen) atoms. The van der Waals surface area contributed by atoms with Gasteiger partial charge in [-0.1, -0.05) is 17.3 Å². The largest absolute Gasteiger partial charge is 0.369 e. The van der Waals surface area contributed by atoms with Crippen LogP contribution in [0.25, 0.3) is 0 Å². The second kappa shape index (κ2) is 5.96. The summed E-state index contributed by atoms with van der Waals surface area (Å²) in [6.45, 7) is 8.45. The van der Waals surface area contributed by atoms with E-state index in [1.165, 1.54) is 24.1 Å². The highest BCUT2D eigenvalue weighted by Gasteiger charge is 2.31. The normalized spacial score (nSPS) is 20.7. The Morgan fingerprint density at radius 2 is 1.96 bits per heavy atom. The van der Waals surface area contributed by atoms with E-state index in [0.717, 1.165) is 37.9 Å². The first-order chi connectivity index (χ1) is 11.2. The second-order valence-electron chi connectivity index (χ2n) is 6.80. The molecule has 5 heteroatoms. The lowest BCUT2D eigenvalue weighted by molar-refractivity contribution is 0.164. The number of hydrogen-bond acceptors (Lipinski definition) is 5. The number of piperazine rings is 1. The lowest BCUT2D eigenvalue weighted by Crippen LogP contribution is -2.47. The van der Waals surface area contributed by atoms with Gasteiger partial charge in [0, 0.05) is 37.8 Å². The first-order valence-corrected chi connectivity index (χ1v) is 8.60. The van der Waals surface area contributed by atoms with Crippen LogP contribution in [-0.2, 0) is 0 Å². The summed E-state index contributed by atoms with van der Waals surface area (Å²) < 4.78 is 5.49. The van der Waals surface area contributed by atoms with Crippen molar-refractivity contribution >= 4 is 5.69 Å². The SMILES string of the molecule is Cc1cccc(N2CCN(C(C)c3nc(C4CC4)no3)CC2)c1. The molecule has 2 aromatic rings. The maximum atomic E-state index is 5.49. The van der Waals surface area contributed by atoms with E-state index in [4.69, 9.17) is 4.52 Å². The summed E-state index contributed by atoms with van der Waals surface area (Å²) in [5, 5.41) is 4.14. The smallest absolute Gasteiger partial charge is 0.243 e.